The molecule has 1 atom stereocenters. The van der Waals surface area contributed by atoms with Gasteiger partial charge in [0.25, 0.3) is 0 Å². The summed E-state index contributed by atoms with van der Waals surface area (Å²) in [5, 5.41) is 5.57. The molecule has 0 saturated carbocycles. The third-order valence-electron chi connectivity index (χ3n) is 2.46. The molecule has 5 nitrogen and oxygen atoms in total. The van der Waals surface area contributed by atoms with Crippen molar-refractivity contribution >= 4 is 12.0 Å². The van der Waals surface area contributed by atoms with E-state index in [-0.39, 0.29) is 11.9 Å². The molecule has 1 fully saturated rings. The maximum Gasteiger partial charge on any atom is 0.407 e. The number of ether oxygens (including phenoxy) is 1. The van der Waals surface area contributed by atoms with Gasteiger partial charge in [0.2, 0.25) is 5.91 Å². The average molecular weight is 242 g/mol. The van der Waals surface area contributed by atoms with Crippen molar-refractivity contribution in [1.29, 1.82) is 0 Å². The minimum absolute atomic E-state index is 0.0255. The summed E-state index contributed by atoms with van der Waals surface area (Å²) in [4.78, 5) is 22.7. The van der Waals surface area contributed by atoms with Crippen molar-refractivity contribution in [2.75, 3.05) is 6.54 Å². The first-order valence-electron chi connectivity index (χ1n) is 6.13. The predicted molar refractivity (Wildman–Crippen MR) is 64.6 cm³/mol. The lowest BCUT2D eigenvalue weighted by molar-refractivity contribution is -0.121. The van der Waals surface area contributed by atoms with Gasteiger partial charge in [-0.2, -0.15) is 0 Å². The summed E-state index contributed by atoms with van der Waals surface area (Å²) in [6, 6.07) is 0.0255. The van der Waals surface area contributed by atoms with Crippen molar-refractivity contribution < 1.29 is 14.3 Å². The standard InChI is InChI=1S/C12H22N2O3/c1-12(2,3)17-11(16)13-8-9-6-4-5-7-10(15)14-9/h9H,4-8H2,1-3H3,(H,13,16)(H,14,15)/t9-/m1/s1. The van der Waals surface area contributed by atoms with Gasteiger partial charge >= 0.3 is 6.09 Å². The fourth-order valence-corrected chi connectivity index (χ4v) is 1.72. The number of carbonyl (C=O) groups excluding carboxylic acids is 2. The molecule has 0 bridgehead atoms. The summed E-state index contributed by atoms with van der Waals surface area (Å²) >= 11 is 0. The summed E-state index contributed by atoms with van der Waals surface area (Å²) in [7, 11) is 0. The van der Waals surface area contributed by atoms with Crippen molar-refractivity contribution in [2.24, 2.45) is 0 Å². The Hall–Kier alpha value is -1.26. The minimum Gasteiger partial charge on any atom is -0.444 e. The van der Waals surface area contributed by atoms with Crippen LogP contribution < -0.4 is 10.6 Å². The number of hydrogen-bond donors (Lipinski definition) is 2. The number of amides is 2. The van der Waals surface area contributed by atoms with Crippen molar-refractivity contribution in [3.8, 4) is 0 Å². The zero-order valence-corrected chi connectivity index (χ0v) is 10.8. The van der Waals surface area contributed by atoms with Gasteiger partial charge in [-0.1, -0.05) is 6.42 Å². The number of carbonyl (C=O) groups is 2. The molecular formula is C12H22N2O3. The van der Waals surface area contributed by atoms with Crippen molar-refractivity contribution in [3.05, 3.63) is 0 Å². The molecule has 1 rings (SSSR count). The number of nitrogens with one attached hydrogen (secondary N) is 2. The Labute approximate surface area is 102 Å². The summed E-state index contributed by atoms with van der Waals surface area (Å²) in [6.45, 7) is 5.89. The predicted octanol–water partition coefficient (Wildman–Crippen LogP) is 1.57. The molecule has 0 radical (unpaired) electrons. The lowest BCUT2D eigenvalue weighted by Crippen LogP contribution is -2.43. The maximum absolute atomic E-state index is 11.4. The number of hydrogen-bond acceptors (Lipinski definition) is 3. The summed E-state index contributed by atoms with van der Waals surface area (Å²) in [5.74, 6) is 0.0680. The van der Waals surface area contributed by atoms with E-state index in [0.29, 0.717) is 13.0 Å². The topological polar surface area (TPSA) is 67.4 Å². The van der Waals surface area contributed by atoms with E-state index < -0.39 is 11.7 Å². The van der Waals surface area contributed by atoms with Crippen LogP contribution in [-0.2, 0) is 9.53 Å². The largest absolute Gasteiger partial charge is 0.444 e. The van der Waals surface area contributed by atoms with Crippen LogP contribution >= 0.6 is 0 Å². The first-order chi connectivity index (χ1) is 7.87. The lowest BCUT2D eigenvalue weighted by Gasteiger charge is -2.21. The van der Waals surface area contributed by atoms with Crippen molar-refractivity contribution in [3.63, 3.8) is 0 Å². The smallest absolute Gasteiger partial charge is 0.407 e. The van der Waals surface area contributed by atoms with Gasteiger partial charge in [0, 0.05) is 19.0 Å². The molecule has 17 heavy (non-hydrogen) atoms. The van der Waals surface area contributed by atoms with Crippen LogP contribution in [0, 0.1) is 0 Å². The highest BCUT2D eigenvalue weighted by molar-refractivity contribution is 5.76. The van der Waals surface area contributed by atoms with Crippen LogP contribution in [0.4, 0.5) is 4.79 Å². The van der Waals surface area contributed by atoms with Crippen molar-refractivity contribution in [2.45, 2.75) is 58.1 Å². The van der Waals surface area contributed by atoms with E-state index in [4.69, 9.17) is 4.74 Å². The highest BCUT2D eigenvalue weighted by atomic mass is 16.6. The van der Waals surface area contributed by atoms with Gasteiger partial charge in [-0.15, -0.1) is 0 Å². The molecular weight excluding hydrogens is 220 g/mol. The van der Waals surface area contributed by atoms with Crippen LogP contribution in [0.15, 0.2) is 0 Å². The molecule has 1 aliphatic rings. The Morgan fingerprint density at radius 3 is 2.82 bits per heavy atom. The SMILES string of the molecule is CC(C)(C)OC(=O)NC[C@H]1CCCCC(=O)N1. The first-order valence-corrected chi connectivity index (χ1v) is 6.13. The zero-order chi connectivity index (χ0) is 12.9. The maximum atomic E-state index is 11.4. The zero-order valence-electron chi connectivity index (χ0n) is 10.8. The van der Waals surface area contributed by atoms with Gasteiger partial charge in [-0.25, -0.2) is 4.79 Å². The fourth-order valence-electron chi connectivity index (χ4n) is 1.72. The molecule has 0 spiro atoms. The summed E-state index contributed by atoms with van der Waals surface area (Å²) < 4.78 is 5.12. The summed E-state index contributed by atoms with van der Waals surface area (Å²) in [6.07, 6.45) is 2.99. The molecule has 1 saturated heterocycles. The van der Waals surface area contributed by atoms with Gasteiger partial charge < -0.3 is 15.4 Å². The molecule has 0 aromatic heterocycles. The Kier molecular flexibility index (Phi) is 4.78. The molecule has 2 N–H and O–H groups in total. The second-order valence-electron chi connectivity index (χ2n) is 5.39. The second-order valence-corrected chi connectivity index (χ2v) is 5.39. The highest BCUT2D eigenvalue weighted by Crippen LogP contribution is 2.09. The molecule has 0 aromatic carbocycles. The summed E-state index contributed by atoms with van der Waals surface area (Å²) in [5.41, 5.74) is -0.489. The molecule has 0 aliphatic carbocycles. The molecule has 0 aromatic rings. The molecule has 0 unspecified atom stereocenters. The van der Waals surface area contributed by atoms with Crippen LogP contribution in [0.2, 0.25) is 0 Å². The van der Waals surface area contributed by atoms with Gasteiger partial charge in [0.1, 0.15) is 5.60 Å². The number of rotatable bonds is 2. The normalized spacial score (nSPS) is 21.4. The Balaban J connectivity index is 2.29. The van der Waals surface area contributed by atoms with E-state index in [1.807, 2.05) is 20.8 Å². The van der Waals surface area contributed by atoms with Crippen LogP contribution in [0.25, 0.3) is 0 Å². The molecule has 2 amide bonds. The third kappa shape index (κ3) is 6.14. The van der Waals surface area contributed by atoms with E-state index in [1.54, 1.807) is 0 Å². The lowest BCUT2D eigenvalue weighted by atomic mass is 10.1. The third-order valence-corrected chi connectivity index (χ3v) is 2.46. The highest BCUT2D eigenvalue weighted by Gasteiger charge is 2.19. The van der Waals surface area contributed by atoms with E-state index in [1.165, 1.54) is 0 Å². The average Bonchev–Trinajstić information content (AvgIpc) is 2.37. The van der Waals surface area contributed by atoms with Crippen LogP contribution in [0.1, 0.15) is 46.5 Å². The molecule has 1 heterocycles. The van der Waals surface area contributed by atoms with Crippen LogP contribution in [0.5, 0.6) is 0 Å². The van der Waals surface area contributed by atoms with Crippen LogP contribution in [0.3, 0.4) is 0 Å². The minimum atomic E-state index is -0.489. The fraction of sp³-hybridized carbons (Fsp3) is 0.833. The Bertz CT molecular complexity index is 284. The van der Waals surface area contributed by atoms with E-state index in [0.717, 1.165) is 19.3 Å². The number of alkyl carbamates (subject to hydrolysis) is 1. The quantitative estimate of drug-likeness (QED) is 0.772. The Morgan fingerprint density at radius 1 is 1.47 bits per heavy atom. The van der Waals surface area contributed by atoms with E-state index >= 15 is 0 Å². The molecule has 98 valence electrons. The van der Waals surface area contributed by atoms with Gasteiger partial charge in [0.15, 0.2) is 0 Å². The monoisotopic (exact) mass is 242 g/mol. The van der Waals surface area contributed by atoms with Gasteiger partial charge in [0.05, 0.1) is 0 Å². The molecule has 5 heteroatoms. The van der Waals surface area contributed by atoms with E-state index in [9.17, 15) is 9.59 Å². The Morgan fingerprint density at radius 2 is 2.18 bits per heavy atom. The van der Waals surface area contributed by atoms with Gasteiger partial charge in [-0.05, 0) is 33.6 Å². The van der Waals surface area contributed by atoms with Crippen LogP contribution in [-0.4, -0.2) is 30.2 Å². The second kappa shape index (κ2) is 5.89. The van der Waals surface area contributed by atoms with Crippen molar-refractivity contribution in [1.82, 2.24) is 10.6 Å². The van der Waals surface area contributed by atoms with Gasteiger partial charge in [-0.3, -0.25) is 4.79 Å². The first kappa shape index (κ1) is 13.8. The molecule has 1 aliphatic heterocycles. The van der Waals surface area contributed by atoms with E-state index in [2.05, 4.69) is 10.6 Å².